The third-order valence-electron chi connectivity index (χ3n) is 12.0. The number of carbonyl (C=O) groups is 3. The molecule has 0 aliphatic carbocycles. The zero-order valence-electron chi connectivity index (χ0n) is 57.6. The molecule has 0 aliphatic rings. The van der Waals surface area contributed by atoms with Crippen LogP contribution in [0.1, 0.15) is 61.2 Å². The number of benzene rings is 1. The third-order valence-corrected chi connectivity index (χ3v) is 15.9. The SMILES string of the molecule is CC(=O)NCc1nccnc1Cl.CCOC(=O)CBr.CCOC(=O)Cn1ccn2c(C)nc(Br)c2c1=O.Cc1nc(Br)c2c(=O)[nH]ccn12.Cc1nc(Br)c2c(Cl)nccn12.Cc1ncc2c(Cl)nccn12.Cl.N#Cc1nccnc1Cl.NCc1nccnc1Cl.O=P(Cl)(Cl)Cl.OB(O)c1ccc(F)c(Cl)c1.[B]=NS. The van der Waals surface area contributed by atoms with E-state index in [9.17, 15) is 32.9 Å². The number of carbonyl (C=O) groups excluding carboxylic acids is 3. The van der Waals surface area contributed by atoms with E-state index in [0.717, 1.165) is 39.2 Å². The van der Waals surface area contributed by atoms with Crippen molar-refractivity contribution in [2.75, 3.05) is 18.5 Å². The third kappa shape index (κ3) is 36.2. The molecule has 1 aromatic carbocycles. The fourth-order valence-corrected chi connectivity index (χ4v) is 10.7. The van der Waals surface area contributed by atoms with Crippen LogP contribution in [0.4, 0.5) is 4.39 Å². The van der Waals surface area contributed by atoms with Crippen molar-refractivity contribution in [3.05, 3.63) is 223 Å². The van der Waals surface area contributed by atoms with Gasteiger partial charge in [0.25, 0.3) is 11.1 Å². The average Bonchev–Trinajstić information content (AvgIpc) is 1.66. The minimum atomic E-state index is -3.22. The zero-order chi connectivity index (χ0) is 82.3. The Labute approximate surface area is 716 Å². The van der Waals surface area contributed by atoms with Crippen molar-refractivity contribution in [3.8, 4) is 6.07 Å². The summed E-state index contributed by atoms with van der Waals surface area (Å²) in [5, 5.41) is 26.9. The molecule has 0 unspecified atom stereocenters. The summed E-state index contributed by atoms with van der Waals surface area (Å²) in [7, 11) is 2.73. The molecule has 11 heterocycles. The minimum absolute atomic E-state index is 0. The number of halogens is 15. The first-order valence-corrected chi connectivity index (χ1v) is 40.2. The molecule has 0 saturated heterocycles. The topological polar surface area (TPSA) is 429 Å². The number of amides is 1. The Hall–Kier alpha value is -6.42. The molecule has 11 aromatic heterocycles. The summed E-state index contributed by atoms with van der Waals surface area (Å²) in [5.74, 6) is 1.98. The molecule has 12 aromatic rings. The quantitative estimate of drug-likeness (QED) is 0.0257. The number of nitrogens with zero attached hydrogens (tertiary/aromatic N) is 19. The average molecular weight is 2010 g/mol. The van der Waals surface area contributed by atoms with Crippen LogP contribution in [0.2, 0.25) is 30.8 Å². The fourth-order valence-electron chi connectivity index (χ4n) is 7.42. The van der Waals surface area contributed by atoms with Gasteiger partial charge in [-0.25, -0.2) is 54.2 Å². The molecule has 587 valence electrons. The molecular formula is C59H59B2Br4Cl10FN22O10PS. The number of ether oxygens (including phenoxy) is 2. The number of aromatic nitrogens is 18. The molecule has 0 aliphatic heterocycles. The summed E-state index contributed by atoms with van der Waals surface area (Å²) in [5.41, 5.74) is 9.05. The van der Waals surface area contributed by atoms with Gasteiger partial charge in [-0.1, -0.05) is 91.6 Å². The van der Waals surface area contributed by atoms with Crippen LogP contribution in [0.25, 0.3) is 22.1 Å². The summed E-state index contributed by atoms with van der Waals surface area (Å²) in [4.78, 5) is 105. The summed E-state index contributed by atoms with van der Waals surface area (Å²) in [6.07, 6.45) is 24.3. The van der Waals surface area contributed by atoms with Gasteiger partial charge >= 0.3 is 49.0 Å². The number of thiol groups is 1. The van der Waals surface area contributed by atoms with Gasteiger partial charge in [-0.05, 0) is 141 Å². The first-order chi connectivity index (χ1) is 51.4. The van der Waals surface area contributed by atoms with Crippen molar-refractivity contribution in [3.63, 3.8) is 0 Å². The van der Waals surface area contributed by atoms with E-state index in [4.69, 9.17) is 95.4 Å². The number of nitrogens with two attached hydrogens (primary N) is 1. The van der Waals surface area contributed by atoms with Gasteiger partial charge in [0.1, 0.15) is 82.9 Å². The monoisotopic (exact) mass is 2000 g/mol. The summed E-state index contributed by atoms with van der Waals surface area (Å²) in [6.45, 7) is 13.7. The molecule has 0 spiro atoms. The molecule has 110 heavy (non-hydrogen) atoms. The van der Waals surface area contributed by atoms with Crippen LogP contribution in [0.3, 0.4) is 0 Å². The zero-order valence-corrected chi connectivity index (χ0v) is 73.4. The van der Waals surface area contributed by atoms with Gasteiger partial charge in [0.15, 0.2) is 31.5 Å². The van der Waals surface area contributed by atoms with E-state index in [1.165, 1.54) is 54.6 Å². The van der Waals surface area contributed by atoms with Gasteiger partial charge in [-0.2, -0.15) is 5.26 Å². The Morgan fingerprint density at radius 2 is 1.15 bits per heavy atom. The van der Waals surface area contributed by atoms with E-state index in [1.54, 1.807) is 85.2 Å². The molecule has 0 atom stereocenters. The Kier molecular flexibility index (Phi) is 49.5. The van der Waals surface area contributed by atoms with Crippen LogP contribution in [-0.4, -0.2) is 148 Å². The van der Waals surface area contributed by atoms with Crippen molar-refractivity contribution in [1.29, 1.82) is 5.26 Å². The molecule has 12 rings (SSSR count). The number of aryl methyl sites for hydroxylation is 4. The number of rotatable bonds is 9. The number of nitriles is 1. The Morgan fingerprint density at radius 3 is 1.59 bits per heavy atom. The fraction of sp³-hybridized carbons (Fsp3) is 0.220. The van der Waals surface area contributed by atoms with Crippen LogP contribution >= 0.6 is 197 Å². The molecule has 32 nitrogen and oxygen atoms in total. The van der Waals surface area contributed by atoms with Crippen LogP contribution < -0.4 is 27.6 Å². The Morgan fingerprint density at radius 1 is 0.691 bits per heavy atom. The van der Waals surface area contributed by atoms with Crippen LogP contribution in [0, 0.1) is 44.8 Å². The Balaban J connectivity index is 0.000000616. The summed E-state index contributed by atoms with van der Waals surface area (Å²) >= 11 is 63.5. The van der Waals surface area contributed by atoms with Gasteiger partial charge in [0.2, 0.25) is 5.91 Å². The van der Waals surface area contributed by atoms with E-state index in [1.807, 2.05) is 42.0 Å². The van der Waals surface area contributed by atoms with Crippen LogP contribution in [-0.2, 0) is 48.1 Å². The molecule has 6 N–H and O–H groups in total. The van der Waals surface area contributed by atoms with Crippen LogP contribution in [0.15, 0.2) is 139 Å². The number of hydrogen-bond acceptors (Lipinski definition) is 26. The van der Waals surface area contributed by atoms with E-state index in [-0.39, 0.29) is 63.3 Å². The number of nitrogens with one attached hydrogen (secondary N) is 2. The molecule has 0 fully saturated rings. The van der Waals surface area contributed by atoms with Crippen molar-refractivity contribution < 1.29 is 42.9 Å². The number of fused-ring (bicyclic) bond motifs is 4. The number of aromatic amines is 1. The second-order valence-corrected chi connectivity index (χ2v) is 31.2. The van der Waals surface area contributed by atoms with E-state index in [2.05, 4.69) is 197 Å². The summed E-state index contributed by atoms with van der Waals surface area (Å²) in [6, 6.07) is 5.29. The molecule has 1 amide bonds. The Bertz CT molecular complexity index is 5180. The van der Waals surface area contributed by atoms with Gasteiger partial charge in [-0.15, -0.1) is 12.4 Å². The van der Waals surface area contributed by atoms with E-state index >= 15 is 0 Å². The molecule has 1 radical (unpaired) electrons. The predicted octanol–water partition coefficient (Wildman–Crippen LogP) is 13.2. The number of H-pyrrole nitrogens is 1. The van der Waals surface area contributed by atoms with Gasteiger partial charge in [0.05, 0.1) is 42.4 Å². The second-order valence-electron chi connectivity index (χ2n) is 19.3. The number of imidazole rings is 4. The van der Waals surface area contributed by atoms with Crippen molar-refractivity contribution in [2.45, 2.75) is 68.1 Å². The first-order valence-electron chi connectivity index (χ1n) is 29.6. The number of alkyl halides is 1. The summed E-state index contributed by atoms with van der Waals surface area (Å²) < 4.78 is 44.3. The van der Waals surface area contributed by atoms with Gasteiger partial charge < -0.3 is 40.1 Å². The first kappa shape index (κ1) is 102. The normalized spacial score (nSPS) is 9.88. The van der Waals surface area contributed by atoms with Crippen LogP contribution in [0.5, 0.6) is 0 Å². The second kappa shape index (κ2) is 53.6. The maximum atomic E-state index is 12.5. The standard InChI is InChI=1S/C11H12BrN3O3.C7H5BrClN3.C7H6BrN3O.C7H8ClN3O.C7H6ClN3.C6H5BClFO2.C5H6ClN3.C5H2ClN3.C4H7BrO2.BHNS.Cl3OP.ClH/c1-3-18-8(16)6-14-4-5-15-7(2)13-10(12)9(15)11(14)17;1-4-11-6(8)5-7(9)10-2-3-12(4)5;1-4-10-6(8)5-7(12)9-2-3-11(4)5;1-5(12)11-4-6-7(8)10-3-2-9-6;1-5-10-4-6-7(8)9-2-3-11(5)6;8-5-3-4(7(10)11)1-2-6(5)9;2*6-5-4(3-7)8-1-2-9-5;1-2-7-4(6)3-5;1-2-3;1-5(2,3)4;/h4-5H,3,6H2,1-2H3;2-3H,1H3;2-3H,1H3,(H,9,12);2-3H,4H2,1H3,(H,11,12);2-4H,1H3;1-3,10-11H;1-2H,3,7H2;1-2H;2-3H2,1H3;3H;;1H. The van der Waals surface area contributed by atoms with E-state index in [0.29, 0.717) is 89.7 Å². The number of hydrogen-bond donors (Lipinski definition) is 6. The molecule has 0 bridgehead atoms. The van der Waals surface area contributed by atoms with Gasteiger partial charge in [-0.3, -0.25) is 56.1 Å². The number of esters is 2. The molecule has 51 heteroatoms. The predicted molar refractivity (Wildman–Crippen MR) is 442 cm³/mol. The maximum absolute atomic E-state index is 12.5. The molecule has 0 saturated carbocycles. The van der Waals surface area contributed by atoms with Crippen molar-refractivity contribution in [1.82, 2.24) is 92.3 Å². The van der Waals surface area contributed by atoms with Crippen molar-refractivity contribution >= 4 is 258 Å². The van der Waals surface area contributed by atoms with Crippen molar-refractivity contribution in [2.24, 2.45) is 10.0 Å². The molecular weight excluding hydrogens is 1950 g/mol. The van der Waals surface area contributed by atoms with Gasteiger partial charge in [0, 0.05) is 100 Å². The van der Waals surface area contributed by atoms with E-state index < -0.39 is 24.1 Å².